The van der Waals surface area contributed by atoms with Crippen molar-refractivity contribution in [3.05, 3.63) is 0 Å². The summed E-state index contributed by atoms with van der Waals surface area (Å²) in [6.45, 7) is 0. The zero-order chi connectivity index (χ0) is 19.1. The third kappa shape index (κ3) is 166. The van der Waals surface area contributed by atoms with E-state index in [0.717, 1.165) is 0 Å². The van der Waals surface area contributed by atoms with Crippen molar-refractivity contribution < 1.29 is 252 Å². The molecule has 0 spiro atoms. The predicted molar refractivity (Wildman–Crippen MR) is 10.4 cm³/mol. The molecule has 0 unspecified atom stereocenters. The Morgan fingerprint density at radius 3 is 0.500 bits per heavy atom. The first-order chi connectivity index (χ1) is 10.5. The second kappa shape index (κ2) is 71.5. The van der Waals surface area contributed by atoms with Gasteiger partial charge in [0.25, 0.3) is 0 Å². The van der Waals surface area contributed by atoms with Gasteiger partial charge in [0.2, 0.25) is 0 Å². The van der Waals surface area contributed by atoms with E-state index in [9.17, 15) is 4.20 Å². The van der Waals surface area contributed by atoms with Crippen LogP contribution in [0.2, 0.25) is 0 Å². The van der Waals surface area contributed by atoms with Gasteiger partial charge in [-0.2, -0.15) is 0 Å². The summed E-state index contributed by atoms with van der Waals surface area (Å²) in [6.07, 6.45) is 0. The maximum atomic E-state index is 9.35. The van der Waals surface area contributed by atoms with Crippen LogP contribution in [0.15, 0.2) is 0 Å². The number of rotatable bonds is 4. The molecule has 0 rings (SSSR count). The van der Waals surface area contributed by atoms with Crippen LogP contribution in [0.4, 0.5) is 0 Å². The van der Waals surface area contributed by atoms with Gasteiger partial charge >= 0.3 is 252 Å². The van der Waals surface area contributed by atoms with Crippen LogP contribution >= 0.6 is 0 Å². The van der Waals surface area contributed by atoms with Gasteiger partial charge in [0.05, 0.1) is 0 Å². The van der Waals surface area contributed by atoms with E-state index in [0.29, 0.717) is 0 Å². The van der Waals surface area contributed by atoms with Gasteiger partial charge in [0.15, 0.2) is 0 Å². The summed E-state index contributed by atoms with van der Waals surface area (Å²) in [5.74, 6) is 0. The van der Waals surface area contributed by atoms with E-state index >= 15 is 0 Å². The van der Waals surface area contributed by atoms with E-state index in [2.05, 4.69) is -5.22 Å². The molecule has 0 aromatic carbocycles. The van der Waals surface area contributed by atoms with Gasteiger partial charge in [-0.15, -0.1) is 0 Å². The molecule has 0 fully saturated rings. The fourth-order valence-electron chi connectivity index (χ4n) is 0.0340. The van der Waals surface area contributed by atoms with E-state index in [-0.39, 0.29) is 0 Å². The van der Waals surface area contributed by atoms with E-state index < -0.39 is 226 Å². The minimum atomic E-state index is -2.00. The third-order valence-corrected chi connectivity index (χ3v) is 9.17. The van der Waals surface area contributed by atoms with Crippen molar-refractivity contribution in [3.63, 3.8) is 0 Å². The summed E-state index contributed by atoms with van der Waals surface area (Å²) >= 11 is -15.7. The molecule has 0 heterocycles. The third-order valence-electron chi connectivity index (χ3n) is 0.167. The molecule has 0 aliphatic carbocycles. The standard InChI is InChI=1S/4Nd.14O.4Ti. The SMILES string of the molecule is [O]=[Nd][O][Nd]=[O].[O]=[Nd][O][Nd]=[O].[O]=[Ti]=[O].[O]=[Ti]=[O].[O]=[Ti]=[O].[O]=[Ti]=[O]. The molecule has 0 aliphatic heterocycles. The average Bonchev–Trinajstić information content (AvgIpc) is 2.45. The van der Waals surface area contributed by atoms with Gasteiger partial charge in [-0.3, -0.25) is 0 Å². The van der Waals surface area contributed by atoms with E-state index in [1.54, 1.807) is 0 Å². The molecule has 0 saturated heterocycles. The summed E-state index contributed by atoms with van der Waals surface area (Å²) in [5.41, 5.74) is 0. The molecule has 0 aromatic rings. The normalized spacial score (nSPS) is 3.64. The Balaban J connectivity index is -0.0000000357. The Morgan fingerprint density at radius 2 is 0.500 bits per heavy atom. The molecular formula is Nd4O14Ti4. The molecule has 0 N–H and O–H groups in total. The van der Waals surface area contributed by atoms with E-state index in [1.165, 1.54) is 0 Å². The second-order valence-corrected chi connectivity index (χ2v) is 15.1. The Labute approximate surface area is 243 Å². The topological polar surface area (TPSA) is 223 Å². The Morgan fingerprint density at radius 1 is 0.409 bits per heavy atom. The van der Waals surface area contributed by atoms with Crippen LogP contribution in [0.5, 0.6) is 0 Å². The molecule has 14 nitrogen and oxygen atoms in total. The number of hydrogen-bond acceptors (Lipinski definition) is 14. The second-order valence-electron chi connectivity index (χ2n) is 0.871. The van der Waals surface area contributed by atoms with Crippen LogP contribution in [-0.4, -0.2) is 0 Å². The molecule has 0 atom stereocenters. The van der Waals surface area contributed by atoms with Gasteiger partial charge in [-0.05, 0) is 0 Å². The van der Waals surface area contributed by atoms with Crippen molar-refractivity contribution in [2.75, 3.05) is 0 Å². The van der Waals surface area contributed by atoms with Crippen LogP contribution < -0.4 is 0 Å². The molecule has 22 heteroatoms. The molecule has 0 bridgehead atoms. The van der Waals surface area contributed by atoms with Crippen molar-refractivity contribution in [2.45, 2.75) is 0 Å². The molecule has 0 amide bonds. The van der Waals surface area contributed by atoms with Crippen molar-refractivity contribution >= 4 is 0 Å². The van der Waals surface area contributed by atoms with Crippen LogP contribution in [0.1, 0.15) is 0 Å². The maximum absolute atomic E-state index is 9.35. The molecular weight excluding hydrogens is 992 g/mol. The first kappa shape index (κ1) is 42.0. The predicted octanol–water partition coefficient (Wildman–Crippen LogP) is -1.57. The molecule has 116 valence electrons. The Bertz CT molecular complexity index is 306. The van der Waals surface area contributed by atoms with E-state index in [4.69, 9.17) is 26.6 Å². The van der Waals surface area contributed by atoms with Crippen molar-refractivity contribution in [1.82, 2.24) is 0 Å². The molecule has 0 aromatic heterocycles. The van der Waals surface area contributed by atoms with Gasteiger partial charge in [0, 0.05) is 0 Å². The average molecular weight is 992 g/mol. The summed E-state index contributed by atoms with van der Waals surface area (Å²) < 4.78 is 114. The van der Waals surface area contributed by atoms with Crippen LogP contribution in [0, 0.1) is 150 Å². The molecule has 22 heavy (non-hydrogen) atoms. The summed E-state index contributed by atoms with van der Waals surface area (Å²) in [4.78, 5) is 0. The van der Waals surface area contributed by atoms with Crippen molar-refractivity contribution in [3.8, 4) is 0 Å². The minimum absolute atomic E-state index is 1.93. The summed E-state index contributed by atoms with van der Waals surface area (Å²) in [6, 6.07) is 0. The monoisotopic (exact) mass is 983 g/mol. The first-order valence-electron chi connectivity index (χ1n) is 3.27. The first-order valence-corrected chi connectivity index (χ1v) is 18.8. The van der Waals surface area contributed by atoms with Crippen LogP contribution in [-0.2, 0) is 102 Å². The zero-order valence-electron chi connectivity index (χ0n) is 9.72. The fraction of sp³-hybridized carbons (Fsp3) is 0. The van der Waals surface area contributed by atoms with Crippen molar-refractivity contribution in [2.24, 2.45) is 0 Å². The quantitative estimate of drug-likeness (QED) is 0.291. The zero-order valence-corrected chi connectivity index (χ0v) is 28.8. The summed E-state index contributed by atoms with van der Waals surface area (Å²) in [7, 11) is 0. The summed E-state index contributed by atoms with van der Waals surface area (Å²) in [5, 5.41) is 0. The Kier molecular flexibility index (Phi) is 136. The van der Waals surface area contributed by atoms with Gasteiger partial charge in [0.1, 0.15) is 0 Å². The number of hydrogen-bond donors (Lipinski definition) is 0. The van der Waals surface area contributed by atoms with Gasteiger partial charge in [-0.1, -0.05) is 0 Å². The van der Waals surface area contributed by atoms with Crippen molar-refractivity contribution in [1.29, 1.82) is 0 Å². The van der Waals surface area contributed by atoms with Crippen LogP contribution in [0.25, 0.3) is 0 Å². The van der Waals surface area contributed by atoms with Gasteiger partial charge < -0.3 is 0 Å². The fourth-order valence-corrected chi connectivity index (χ4v) is 1.87. The van der Waals surface area contributed by atoms with Gasteiger partial charge in [-0.25, -0.2) is 0 Å². The van der Waals surface area contributed by atoms with E-state index in [1.807, 2.05) is 0 Å². The molecule has 0 saturated carbocycles. The Hall–Kier alpha value is 5.78. The molecule has 0 aliphatic rings. The molecule has 0 radical (unpaired) electrons. The van der Waals surface area contributed by atoms with Crippen LogP contribution in [0.3, 0.4) is 0 Å².